The van der Waals surface area contributed by atoms with E-state index in [2.05, 4.69) is 9.97 Å². The standard InChI is InChI=1S/C12H16N4O2/c1-17-12(3-5-18-8-12)7-16-10-2-4-14-6-9(10)15-11(16)13/h2,4,6H,3,5,7-8H2,1H3,(H2,13,15). The minimum Gasteiger partial charge on any atom is -0.378 e. The molecule has 1 saturated heterocycles. The molecule has 0 aromatic carbocycles. The van der Waals surface area contributed by atoms with Gasteiger partial charge in [-0.15, -0.1) is 0 Å². The molecule has 0 saturated carbocycles. The number of nitrogens with two attached hydrogens (primary N) is 1. The van der Waals surface area contributed by atoms with Gasteiger partial charge in [-0.05, 0) is 6.07 Å². The Hall–Kier alpha value is -1.66. The number of hydrogen-bond donors (Lipinski definition) is 1. The van der Waals surface area contributed by atoms with Crippen molar-refractivity contribution in [2.24, 2.45) is 0 Å². The quantitative estimate of drug-likeness (QED) is 0.870. The zero-order valence-corrected chi connectivity index (χ0v) is 10.3. The van der Waals surface area contributed by atoms with Gasteiger partial charge < -0.3 is 19.8 Å². The fourth-order valence-corrected chi connectivity index (χ4v) is 2.39. The van der Waals surface area contributed by atoms with E-state index in [4.69, 9.17) is 15.2 Å². The number of nitrogen functional groups attached to an aromatic ring is 1. The Balaban J connectivity index is 2.01. The number of hydrogen-bond acceptors (Lipinski definition) is 5. The van der Waals surface area contributed by atoms with Crippen LogP contribution in [0.4, 0.5) is 5.95 Å². The smallest absolute Gasteiger partial charge is 0.201 e. The zero-order valence-electron chi connectivity index (χ0n) is 10.3. The van der Waals surface area contributed by atoms with Gasteiger partial charge in [0.15, 0.2) is 0 Å². The molecule has 1 aliphatic heterocycles. The van der Waals surface area contributed by atoms with E-state index < -0.39 is 0 Å². The maximum absolute atomic E-state index is 5.97. The summed E-state index contributed by atoms with van der Waals surface area (Å²) in [6.45, 7) is 1.96. The molecule has 6 heteroatoms. The summed E-state index contributed by atoms with van der Waals surface area (Å²) < 4.78 is 13.0. The minimum absolute atomic E-state index is 0.301. The topological polar surface area (TPSA) is 75.2 Å². The number of ether oxygens (including phenoxy) is 2. The van der Waals surface area contributed by atoms with Crippen molar-refractivity contribution in [1.29, 1.82) is 0 Å². The van der Waals surface area contributed by atoms with Crippen LogP contribution in [-0.2, 0) is 16.0 Å². The first kappa shape index (κ1) is 11.4. The summed E-state index contributed by atoms with van der Waals surface area (Å²) in [6.07, 6.45) is 4.32. The lowest BCUT2D eigenvalue weighted by atomic mass is 10.0. The second-order valence-corrected chi connectivity index (χ2v) is 4.61. The van der Waals surface area contributed by atoms with Crippen molar-refractivity contribution in [2.45, 2.75) is 18.6 Å². The molecule has 1 fully saturated rings. The van der Waals surface area contributed by atoms with Crippen molar-refractivity contribution >= 4 is 17.0 Å². The first-order valence-corrected chi connectivity index (χ1v) is 5.93. The van der Waals surface area contributed by atoms with Crippen LogP contribution in [0.1, 0.15) is 6.42 Å². The highest BCUT2D eigenvalue weighted by molar-refractivity contribution is 5.77. The highest BCUT2D eigenvalue weighted by Crippen LogP contribution is 2.28. The van der Waals surface area contributed by atoms with Crippen molar-refractivity contribution in [3.05, 3.63) is 18.5 Å². The lowest BCUT2D eigenvalue weighted by Crippen LogP contribution is -2.37. The van der Waals surface area contributed by atoms with Crippen LogP contribution in [0.25, 0.3) is 11.0 Å². The van der Waals surface area contributed by atoms with E-state index in [0.717, 1.165) is 24.1 Å². The number of methoxy groups -OCH3 is 1. The fourth-order valence-electron chi connectivity index (χ4n) is 2.39. The van der Waals surface area contributed by atoms with E-state index in [1.165, 1.54) is 0 Å². The third-order valence-corrected chi connectivity index (χ3v) is 3.53. The number of anilines is 1. The predicted molar refractivity (Wildman–Crippen MR) is 67.1 cm³/mol. The summed E-state index contributed by atoms with van der Waals surface area (Å²) in [6, 6.07) is 1.91. The molecule has 1 atom stereocenters. The van der Waals surface area contributed by atoms with Gasteiger partial charge in [0.05, 0.1) is 24.9 Å². The first-order chi connectivity index (χ1) is 8.74. The van der Waals surface area contributed by atoms with Crippen molar-refractivity contribution in [2.75, 3.05) is 26.1 Å². The maximum Gasteiger partial charge on any atom is 0.201 e. The summed E-state index contributed by atoms with van der Waals surface area (Å²) in [5, 5.41) is 0. The van der Waals surface area contributed by atoms with Crippen molar-refractivity contribution in [3.63, 3.8) is 0 Å². The molecule has 18 heavy (non-hydrogen) atoms. The normalized spacial score (nSPS) is 23.8. The van der Waals surface area contributed by atoms with Crippen LogP contribution in [0.15, 0.2) is 18.5 Å². The highest BCUT2D eigenvalue weighted by atomic mass is 16.5. The number of rotatable bonds is 3. The molecule has 2 aromatic heterocycles. The summed E-state index contributed by atoms with van der Waals surface area (Å²) in [4.78, 5) is 8.35. The van der Waals surface area contributed by atoms with Gasteiger partial charge in [0, 0.05) is 26.3 Å². The molecule has 0 amide bonds. The minimum atomic E-state index is -0.301. The highest BCUT2D eigenvalue weighted by Gasteiger charge is 2.36. The van der Waals surface area contributed by atoms with Gasteiger partial charge in [-0.2, -0.15) is 0 Å². The zero-order chi connectivity index (χ0) is 12.6. The first-order valence-electron chi connectivity index (χ1n) is 5.93. The second-order valence-electron chi connectivity index (χ2n) is 4.61. The molecule has 1 aliphatic rings. The monoisotopic (exact) mass is 248 g/mol. The Bertz CT molecular complexity index is 560. The summed E-state index contributed by atoms with van der Waals surface area (Å²) in [7, 11) is 1.71. The molecule has 6 nitrogen and oxygen atoms in total. The molecule has 0 spiro atoms. The Morgan fingerprint density at radius 2 is 2.50 bits per heavy atom. The molecule has 96 valence electrons. The van der Waals surface area contributed by atoms with Gasteiger partial charge in [-0.1, -0.05) is 0 Å². The number of nitrogens with zero attached hydrogens (tertiary/aromatic N) is 3. The molecular formula is C12H16N4O2. The van der Waals surface area contributed by atoms with Gasteiger partial charge in [0.1, 0.15) is 11.1 Å². The third kappa shape index (κ3) is 1.74. The van der Waals surface area contributed by atoms with Gasteiger partial charge in [0.25, 0.3) is 0 Å². The molecule has 3 heterocycles. The molecule has 2 aromatic rings. The Kier molecular flexibility index (Phi) is 2.68. The fraction of sp³-hybridized carbons (Fsp3) is 0.500. The molecule has 2 N–H and O–H groups in total. The van der Waals surface area contributed by atoms with Gasteiger partial charge in [0.2, 0.25) is 5.95 Å². The summed E-state index contributed by atoms with van der Waals surface area (Å²) in [5.74, 6) is 0.487. The lowest BCUT2D eigenvalue weighted by Gasteiger charge is -2.26. The van der Waals surface area contributed by atoms with Gasteiger partial charge in [-0.25, -0.2) is 4.98 Å². The van der Waals surface area contributed by atoms with E-state index >= 15 is 0 Å². The van der Waals surface area contributed by atoms with Crippen LogP contribution in [-0.4, -0.2) is 40.5 Å². The van der Waals surface area contributed by atoms with E-state index in [9.17, 15) is 0 Å². The van der Waals surface area contributed by atoms with E-state index in [0.29, 0.717) is 19.1 Å². The predicted octanol–water partition coefficient (Wildman–Crippen LogP) is 0.819. The molecule has 0 aliphatic carbocycles. The molecule has 0 bridgehead atoms. The number of aromatic nitrogens is 3. The number of imidazole rings is 1. The van der Waals surface area contributed by atoms with Crippen molar-refractivity contribution in [3.8, 4) is 0 Å². The molecule has 3 rings (SSSR count). The SMILES string of the molecule is COC1(Cn2c(N)nc3cnccc32)CCOC1. The summed E-state index contributed by atoms with van der Waals surface area (Å²) in [5.41, 5.74) is 7.46. The van der Waals surface area contributed by atoms with Crippen molar-refractivity contribution in [1.82, 2.24) is 14.5 Å². The van der Waals surface area contributed by atoms with E-state index in [-0.39, 0.29) is 5.60 Å². The number of fused-ring (bicyclic) bond motifs is 1. The number of pyridine rings is 1. The molecule has 1 unspecified atom stereocenters. The average Bonchev–Trinajstić information content (AvgIpc) is 2.97. The van der Waals surface area contributed by atoms with Crippen LogP contribution in [0.3, 0.4) is 0 Å². The third-order valence-electron chi connectivity index (χ3n) is 3.53. The van der Waals surface area contributed by atoms with E-state index in [1.54, 1.807) is 19.5 Å². The maximum atomic E-state index is 5.97. The Labute approximate surface area is 105 Å². The van der Waals surface area contributed by atoms with Gasteiger partial charge in [-0.3, -0.25) is 4.98 Å². The van der Waals surface area contributed by atoms with Gasteiger partial charge >= 0.3 is 0 Å². The van der Waals surface area contributed by atoms with Crippen LogP contribution in [0.2, 0.25) is 0 Å². The molecule has 0 radical (unpaired) electrons. The average molecular weight is 248 g/mol. The van der Waals surface area contributed by atoms with Crippen molar-refractivity contribution < 1.29 is 9.47 Å². The van der Waals surface area contributed by atoms with Crippen LogP contribution in [0.5, 0.6) is 0 Å². The Morgan fingerprint density at radius 3 is 3.22 bits per heavy atom. The van der Waals surface area contributed by atoms with Crippen LogP contribution >= 0.6 is 0 Å². The lowest BCUT2D eigenvalue weighted by molar-refractivity contribution is -0.0283. The van der Waals surface area contributed by atoms with Crippen LogP contribution < -0.4 is 5.73 Å². The van der Waals surface area contributed by atoms with E-state index in [1.807, 2.05) is 10.6 Å². The van der Waals surface area contributed by atoms with Crippen LogP contribution in [0, 0.1) is 0 Å². The Morgan fingerprint density at radius 1 is 1.61 bits per heavy atom. The second kappa shape index (κ2) is 4.22. The summed E-state index contributed by atoms with van der Waals surface area (Å²) >= 11 is 0. The molecular weight excluding hydrogens is 232 g/mol. The largest absolute Gasteiger partial charge is 0.378 e.